The highest BCUT2D eigenvalue weighted by Crippen LogP contribution is 2.39. The second kappa shape index (κ2) is 10.8. The minimum absolute atomic E-state index is 0.848. The van der Waals surface area contributed by atoms with E-state index < -0.39 is 0 Å². The second-order valence-corrected chi connectivity index (χ2v) is 11.7. The van der Waals surface area contributed by atoms with Crippen LogP contribution in [0.3, 0.4) is 0 Å². The van der Waals surface area contributed by atoms with Crippen LogP contribution in [0.5, 0.6) is 0 Å². The third-order valence-corrected chi connectivity index (χ3v) is 8.93. The van der Waals surface area contributed by atoms with Crippen LogP contribution < -0.4 is 0 Å². The lowest BCUT2D eigenvalue weighted by atomic mass is 9.91. The number of pyridine rings is 3. The van der Waals surface area contributed by atoms with Crippen LogP contribution in [0.4, 0.5) is 0 Å². The van der Waals surface area contributed by atoms with Gasteiger partial charge in [0.05, 0.1) is 22.6 Å². The van der Waals surface area contributed by atoms with Gasteiger partial charge in [-0.3, -0.25) is 9.97 Å². The summed E-state index contributed by atoms with van der Waals surface area (Å²) in [5, 5.41) is 8.50. The SMILES string of the molecule is c1ccc(-c2ccc(-c3cc(-c4ccc5ccccc5c4)nc4ccc(-c5cc6ccccc6c6ccccc56)cc34)cn2)nc1. The van der Waals surface area contributed by atoms with Crippen molar-refractivity contribution in [1.29, 1.82) is 0 Å². The van der Waals surface area contributed by atoms with Gasteiger partial charge in [-0.15, -0.1) is 0 Å². The van der Waals surface area contributed by atoms with Gasteiger partial charge in [-0.2, -0.15) is 0 Å². The van der Waals surface area contributed by atoms with Gasteiger partial charge in [-0.25, -0.2) is 4.98 Å². The molecule has 3 heterocycles. The van der Waals surface area contributed by atoms with Crippen molar-refractivity contribution in [3.8, 4) is 44.9 Å². The Bertz CT molecular complexity index is 2570. The Labute approximate surface area is 266 Å². The molecule has 0 spiro atoms. The first-order chi connectivity index (χ1) is 22.8. The van der Waals surface area contributed by atoms with Crippen LogP contribution in [0, 0.1) is 0 Å². The molecular weight excluding hydrogens is 558 g/mol. The van der Waals surface area contributed by atoms with E-state index in [1.54, 1.807) is 6.20 Å². The highest BCUT2D eigenvalue weighted by atomic mass is 14.8. The van der Waals surface area contributed by atoms with E-state index in [9.17, 15) is 0 Å². The molecule has 6 aromatic carbocycles. The van der Waals surface area contributed by atoms with E-state index in [4.69, 9.17) is 9.97 Å². The molecule has 3 nitrogen and oxygen atoms in total. The van der Waals surface area contributed by atoms with E-state index in [0.29, 0.717) is 0 Å². The summed E-state index contributed by atoms with van der Waals surface area (Å²) in [7, 11) is 0. The molecule has 0 radical (unpaired) electrons. The van der Waals surface area contributed by atoms with Gasteiger partial charge < -0.3 is 0 Å². The summed E-state index contributed by atoms with van der Waals surface area (Å²) in [6.45, 7) is 0. The van der Waals surface area contributed by atoms with Crippen molar-refractivity contribution >= 4 is 43.2 Å². The largest absolute Gasteiger partial charge is 0.255 e. The average molecular weight is 586 g/mol. The number of nitrogens with zero attached hydrogens (tertiary/aromatic N) is 3. The van der Waals surface area contributed by atoms with Gasteiger partial charge >= 0.3 is 0 Å². The summed E-state index contributed by atoms with van der Waals surface area (Å²) >= 11 is 0. The van der Waals surface area contributed by atoms with Gasteiger partial charge in [0.15, 0.2) is 0 Å². The molecule has 0 saturated heterocycles. The molecule has 9 rings (SSSR count). The first kappa shape index (κ1) is 26.2. The van der Waals surface area contributed by atoms with Gasteiger partial charge in [0, 0.05) is 28.9 Å². The van der Waals surface area contributed by atoms with Crippen molar-refractivity contribution < 1.29 is 0 Å². The Morgan fingerprint density at radius 2 is 1.04 bits per heavy atom. The minimum Gasteiger partial charge on any atom is -0.255 e. The quantitative estimate of drug-likeness (QED) is 0.193. The maximum absolute atomic E-state index is 5.22. The van der Waals surface area contributed by atoms with Gasteiger partial charge in [-0.1, -0.05) is 103 Å². The number of hydrogen-bond acceptors (Lipinski definition) is 3. The van der Waals surface area contributed by atoms with E-state index >= 15 is 0 Å². The molecule has 0 saturated carbocycles. The van der Waals surface area contributed by atoms with Crippen molar-refractivity contribution in [3.63, 3.8) is 0 Å². The zero-order valence-electron chi connectivity index (χ0n) is 24.9. The van der Waals surface area contributed by atoms with E-state index in [2.05, 4.69) is 138 Å². The molecule has 3 heteroatoms. The van der Waals surface area contributed by atoms with E-state index in [0.717, 1.165) is 50.2 Å². The number of hydrogen-bond donors (Lipinski definition) is 0. The van der Waals surface area contributed by atoms with Crippen LogP contribution in [0.25, 0.3) is 88.1 Å². The molecule has 0 aliphatic heterocycles. The fourth-order valence-electron chi connectivity index (χ4n) is 6.64. The zero-order chi connectivity index (χ0) is 30.5. The molecule has 46 heavy (non-hydrogen) atoms. The first-order valence-corrected chi connectivity index (χ1v) is 15.5. The average Bonchev–Trinajstić information content (AvgIpc) is 3.14. The van der Waals surface area contributed by atoms with Crippen molar-refractivity contribution in [2.24, 2.45) is 0 Å². The van der Waals surface area contributed by atoms with Crippen LogP contribution in [0.2, 0.25) is 0 Å². The fraction of sp³-hybridized carbons (Fsp3) is 0. The topological polar surface area (TPSA) is 38.7 Å². The fourth-order valence-corrected chi connectivity index (χ4v) is 6.64. The normalized spacial score (nSPS) is 11.5. The van der Waals surface area contributed by atoms with Crippen molar-refractivity contribution in [1.82, 2.24) is 15.0 Å². The van der Waals surface area contributed by atoms with Crippen molar-refractivity contribution in [3.05, 3.63) is 164 Å². The maximum Gasteiger partial charge on any atom is 0.0886 e. The Kier molecular flexibility index (Phi) is 6.14. The standard InChI is InChI=1S/C43H27N3/c1-2-10-29-23-32(17-16-28(29)9-1)43-26-38(33-19-21-42(45-27-33)41-15-7-8-22-44-41)39-25-31(18-20-40(39)46-43)37-24-30-11-3-4-12-34(30)35-13-5-6-14-36(35)37/h1-27H. The lowest BCUT2D eigenvalue weighted by Crippen LogP contribution is -1.93. The van der Waals surface area contributed by atoms with Crippen LogP contribution in [-0.2, 0) is 0 Å². The Hall–Kier alpha value is -6.19. The number of aromatic nitrogens is 3. The molecule has 3 aromatic heterocycles. The van der Waals surface area contributed by atoms with Crippen molar-refractivity contribution in [2.45, 2.75) is 0 Å². The van der Waals surface area contributed by atoms with Crippen LogP contribution in [0.15, 0.2) is 164 Å². The summed E-state index contributed by atoms with van der Waals surface area (Å²) in [6, 6.07) is 53.7. The molecule has 0 amide bonds. The molecule has 0 unspecified atom stereocenters. The molecule has 0 atom stereocenters. The summed E-state index contributed by atoms with van der Waals surface area (Å²) in [5.41, 5.74) is 9.18. The highest BCUT2D eigenvalue weighted by molar-refractivity contribution is 6.14. The van der Waals surface area contributed by atoms with Gasteiger partial charge in [0.2, 0.25) is 0 Å². The van der Waals surface area contributed by atoms with Crippen LogP contribution in [-0.4, -0.2) is 15.0 Å². The van der Waals surface area contributed by atoms with Crippen LogP contribution in [0.1, 0.15) is 0 Å². The Morgan fingerprint density at radius 1 is 0.348 bits per heavy atom. The monoisotopic (exact) mass is 585 g/mol. The summed E-state index contributed by atoms with van der Waals surface area (Å²) < 4.78 is 0. The van der Waals surface area contributed by atoms with Gasteiger partial charge in [0.1, 0.15) is 0 Å². The molecule has 0 aliphatic carbocycles. The molecule has 0 fully saturated rings. The summed E-state index contributed by atoms with van der Waals surface area (Å²) in [6.07, 6.45) is 3.76. The Morgan fingerprint density at radius 3 is 1.87 bits per heavy atom. The molecule has 0 bridgehead atoms. The zero-order valence-corrected chi connectivity index (χ0v) is 24.9. The Balaban J connectivity index is 1.27. The molecule has 0 aliphatic rings. The lowest BCUT2D eigenvalue weighted by molar-refractivity contribution is 1.25. The minimum atomic E-state index is 0.848. The van der Waals surface area contributed by atoms with Crippen molar-refractivity contribution in [2.75, 3.05) is 0 Å². The highest BCUT2D eigenvalue weighted by Gasteiger charge is 2.15. The van der Waals surface area contributed by atoms with Gasteiger partial charge in [-0.05, 0) is 97.5 Å². The third kappa shape index (κ3) is 4.49. The molecule has 0 N–H and O–H groups in total. The predicted molar refractivity (Wildman–Crippen MR) is 192 cm³/mol. The summed E-state index contributed by atoms with van der Waals surface area (Å²) in [4.78, 5) is 14.6. The number of rotatable bonds is 4. The van der Waals surface area contributed by atoms with E-state index in [-0.39, 0.29) is 0 Å². The summed E-state index contributed by atoms with van der Waals surface area (Å²) in [5.74, 6) is 0. The second-order valence-electron chi connectivity index (χ2n) is 11.7. The number of fused-ring (bicyclic) bond motifs is 5. The maximum atomic E-state index is 5.22. The van der Waals surface area contributed by atoms with E-state index in [1.807, 2.05) is 24.4 Å². The molecule has 214 valence electrons. The van der Waals surface area contributed by atoms with Crippen LogP contribution >= 0.6 is 0 Å². The van der Waals surface area contributed by atoms with Gasteiger partial charge in [0.25, 0.3) is 0 Å². The molecular formula is C43H27N3. The smallest absolute Gasteiger partial charge is 0.0886 e. The third-order valence-electron chi connectivity index (χ3n) is 8.93. The van der Waals surface area contributed by atoms with E-state index in [1.165, 1.54) is 37.9 Å². The first-order valence-electron chi connectivity index (χ1n) is 15.5. The molecule has 9 aromatic rings. The predicted octanol–water partition coefficient (Wildman–Crippen LogP) is 11.2. The lowest BCUT2D eigenvalue weighted by Gasteiger charge is -2.15. The number of benzene rings is 6.